The summed E-state index contributed by atoms with van der Waals surface area (Å²) in [5.74, 6) is -0.212. The molecular weight excluding hydrogens is 280 g/mol. The largest absolute Gasteiger partial charge is 0.358 e. The molecule has 1 amide bonds. The number of hydrogen-bond donors (Lipinski definition) is 1. The van der Waals surface area contributed by atoms with Crippen LogP contribution in [0.15, 0.2) is 4.52 Å². The van der Waals surface area contributed by atoms with Crippen LogP contribution in [0.4, 0.5) is 5.82 Å². The van der Waals surface area contributed by atoms with Gasteiger partial charge in [0.1, 0.15) is 11.5 Å². The van der Waals surface area contributed by atoms with Gasteiger partial charge in [0, 0.05) is 11.0 Å². The average Bonchev–Trinajstić information content (AvgIpc) is 2.58. The van der Waals surface area contributed by atoms with E-state index in [0.29, 0.717) is 11.3 Å². The average molecular weight is 302 g/mol. The summed E-state index contributed by atoms with van der Waals surface area (Å²) in [6.45, 7) is 10.8. The molecule has 0 aliphatic rings. The number of rotatable bonds is 4. The summed E-state index contributed by atoms with van der Waals surface area (Å²) in [5, 5.41) is 5.70. The van der Waals surface area contributed by atoms with E-state index >= 15 is 0 Å². The first-order valence-electron chi connectivity index (χ1n) is 6.43. The van der Waals surface area contributed by atoms with E-state index in [9.17, 15) is 13.2 Å². The van der Waals surface area contributed by atoms with Crippen LogP contribution in [-0.4, -0.2) is 30.5 Å². The van der Waals surface area contributed by atoms with Crippen LogP contribution in [0.1, 0.15) is 45.9 Å². The van der Waals surface area contributed by atoms with Crippen LogP contribution in [0.25, 0.3) is 0 Å². The molecule has 7 heteroatoms. The summed E-state index contributed by atoms with van der Waals surface area (Å²) in [5.41, 5.74) is 0.483. The zero-order valence-electron chi connectivity index (χ0n) is 12.8. The standard InChI is InChI=1S/C13H22N2O4S/c1-8(2)20(17,18)7-10(16)14-12-9(3)11(19-15-12)13(4,5)6/h8H,7H2,1-6H3,(H,14,15,16). The minimum absolute atomic E-state index is 0.232. The number of nitrogens with zero attached hydrogens (tertiary/aromatic N) is 1. The Bertz CT molecular complexity index is 594. The lowest BCUT2D eigenvalue weighted by Crippen LogP contribution is -2.28. The van der Waals surface area contributed by atoms with Gasteiger partial charge in [-0.05, 0) is 20.8 Å². The predicted octanol–water partition coefficient (Wildman–Crippen LogP) is 2.04. The van der Waals surface area contributed by atoms with Crippen LogP contribution in [0.3, 0.4) is 0 Å². The first-order valence-corrected chi connectivity index (χ1v) is 8.15. The van der Waals surface area contributed by atoms with Crippen LogP contribution in [0.2, 0.25) is 0 Å². The smallest absolute Gasteiger partial charge is 0.240 e. The third kappa shape index (κ3) is 3.82. The van der Waals surface area contributed by atoms with Crippen LogP contribution in [0, 0.1) is 6.92 Å². The zero-order chi connectivity index (χ0) is 15.7. The van der Waals surface area contributed by atoms with Gasteiger partial charge in [-0.1, -0.05) is 25.9 Å². The van der Waals surface area contributed by atoms with Gasteiger partial charge < -0.3 is 9.84 Å². The minimum Gasteiger partial charge on any atom is -0.358 e. The normalized spacial score (nSPS) is 12.8. The zero-order valence-corrected chi connectivity index (χ0v) is 13.6. The maximum atomic E-state index is 11.8. The predicted molar refractivity (Wildman–Crippen MR) is 77.5 cm³/mol. The Morgan fingerprint density at radius 1 is 1.35 bits per heavy atom. The summed E-state index contributed by atoms with van der Waals surface area (Å²) < 4.78 is 28.6. The molecule has 1 aromatic heterocycles. The van der Waals surface area contributed by atoms with Crippen LogP contribution in [0.5, 0.6) is 0 Å². The molecule has 0 saturated heterocycles. The number of anilines is 1. The monoisotopic (exact) mass is 302 g/mol. The summed E-state index contributed by atoms with van der Waals surface area (Å²) >= 11 is 0. The summed E-state index contributed by atoms with van der Waals surface area (Å²) in [4.78, 5) is 11.8. The van der Waals surface area contributed by atoms with Gasteiger partial charge in [-0.2, -0.15) is 0 Å². The van der Waals surface area contributed by atoms with Gasteiger partial charge in [0.2, 0.25) is 5.91 Å². The molecule has 0 spiro atoms. The topological polar surface area (TPSA) is 89.3 Å². The first-order chi connectivity index (χ1) is 8.95. The van der Waals surface area contributed by atoms with Crippen molar-refractivity contribution in [3.63, 3.8) is 0 Å². The molecule has 0 aromatic carbocycles. The lowest BCUT2D eigenvalue weighted by molar-refractivity contribution is -0.113. The van der Waals surface area contributed by atoms with E-state index in [0.717, 1.165) is 0 Å². The van der Waals surface area contributed by atoms with Crippen molar-refractivity contribution in [2.75, 3.05) is 11.1 Å². The van der Waals surface area contributed by atoms with Crippen LogP contribution in [-0.2, 0) is 20.0 Å². The van der Waals surface area contributed by atoms with E-state index in [4.69, 9.17) is 4.52 Å². The first kappa shape index (κ1) is 16.7. The Morgan fingerprint density at radius 3 is 2.30 bits per heavy atom. The minimum atomic E-state index is -3.42. The molecule has 0 fully saturated rings. The van der Waals surface area contributed by atoms with Gasteiger partial charge in [0.05, 0.1) is 5.25 Å². The summed E-state index contributed by atoms with van der Waals surface area (Å²) in [6.07, 6.45) is 0. The fraction of sp³-hybridized carbons (Fsp3) is 0.692. The van der Waals surface area contributed by atoms with E-state index < -0.39 is 26.7 Å². The van der Waals surface area contributed by atoms with Crippen molar-refractivity contribution < 1.29 is 17.7 Å². The number of carbonyl (C=O) groups excluding carboxylic acids is 1. The molecule has 0 bridgehead atoms. The highest BCUT2D eigenvalue weighted by molar-refractivity contribution is 7.92. The molecular formula is C13H22N2O4S. The Balaban J connectivity index is 2.86. The molecule has 1 heterocycles. The molecule has 20 heavy (non-hydrogen) atoms. The highest BCUT2D eigenvalue weighted by atomic mass is 32.2. The van der Waals surface area contributed by atoms with Gasteiger partial charge in [-0.3, -0.25) is 4.79 Å². The lowest BCUT2D eigenvalue weighted by Gasteiger charge is -2.14. The molecule has 6 nitrogen and oxygen atoms in total. The van der Waals surface area contributed by atoms with Gasteiger partial charge in [0.15, 0.2) is 15.7 Å². The number of hydrogen-bond acceptors (Lipinski definition) is 5. The third-order valence-corrected chi connectivity index (χ3v) is 5.01. The molecule has 0 aliphatic carbocycles. The molecule has 1 rings (SSSR count). The van der Waals surface area contributed by atoms with Crippen LogP contribution < -0.4 is 5.32 Å². The van der Waals surface area contributed by atoms with Crippen molar-refractivity contribution >= 4 is 21.6 Å². The molecule has 0 saturated carbocycles. The van der Waals surface area contributed by atoms with Gasteiger partial charge in [0.25, 0.3) is 0 Å². The van der Waals surface area contributed by atoms with Crippen molar-refractivity contribution in [1.82, 2.24) is 5.16 Å². The summed E-state index contributed by atoms with van der Waals surface area (Å²) in [6, 6.07) is 0. The molecule has 0 aliphatic heterocycles. The quantitative estimate of drug-likeness (QED) is 0.919. The number of nitrogens with one attached hydrogen (secondary N) is 1. The molecule has 1 aromatic rings. The van der Waals surface area contributed by atoms with Crippen molar-refractivity contribution in [3.05, 3.63) is 11.3 Å². The molecule has 114 valence electrons. The SMILES string of the molecule is Cc1c(NC(=O)CS(=O)(=O)C(C)C)noc1C(C)(C)C. The van der Waals surface area contributed by atoms with Crippen molar-refractivity contribution in [1.29, 1.82) is 0 Å². The highest BCUT2D eigenvalue weighted by Gasteiger charge is 2.26. The van der Waals surface area contributed by atoms with Crippen molar-refractivity contribution in [2.45, 2.75) is 52.2 Å². The van der Waals surface area contributed by atoms with E-state index in [1.165, 1.54) is 0 Å². The molecule has 0 radical (unpaired) electrons. The second-order valence-corrected chi connectivity index (χ2v) is 8.70. The molecule has 1 N–H and O–H groups in total. The number of amides is 1. The van der Waals surface area contributed by atoms with Crippen molar-refractivity contribution in [3.8, 4) is 0 Å². The Morgan fingerprint density at radius 2 is 1.90 bits per heavy atom. The summed E-state index contributed by atoms with van der Waals surface area (Å²) in [7, 11) is -3.42. The fourth-order valence-electron chi connectivity index (χ4n) is 1.67. The van der Waals surface area contributed by atoms with Gasteiger partial charge in [-0.15, -0.1) is 0 Å². The Kier molecular flexibility index (Phi) is 4.63. The van der Waals surface area contributed by atoms with Gasteiger partial charge in [-0.25, -0.2) is 8.42 Å². The van der Waals surface area contributed by atoms with E-state index in [1.54, 1.807) is 20.8 Å². The molecule has 0 atom stereocenters. The lowest BCUT2D eigenvalue weighted by atomic mass is 9.91. The maximum Gasteiger partial charge on any atom is 0.240 e. The third-order valence-electron chi connectivity index (χ3n) is 2.91. The van der Waals surface area contributed by atoms with E-state index in [2.05, 4.69) is 10.5 Å². The molecule has 0 unspecified atom stereocenters. The second kappa shape index (κ2) is 5.55. The Hall–Kier alpha value is -1.37. The fourth-order valence-corrected chi connectivity index (χ4v) is 2.44. The van der Waals surface area contributed by atoms with Crippen molar-refractivity contribution in [2.24, 2.45) is 0 Å². The number of carbonyl (C=O) groups is 1. The Labute approximate surface area is 119 Å². The maximum absolute atomic E-state index is 11.8. The highest BCUT2D eigenvalue weighted by Crippen LogP contribution is 2.29. The van der Waals surface area contributed by atoms with E-state index in [1.807, 2.05) is 20.8 Å². The number of sulfone groups is 1. The number of aromatic nitrogens is 1. The second-order valence-electron chi connectivity index (χ2n) is 6.14. The van der Waals surface area contributed by atoms with E-state index in [-0.39, 0.29) is 11.2 Å². The van der Waals surface area contributed by atoms with Crippen LogP contribution >= 0.6 is 0 Å². The van der Waals surface area contributed by atoms with Gasteiger partial charge >= 0.3 is 0 Å².